The van der Waals surface area contributed by atoms with E-state index in [1.807, 2.05) is 42.5 Å². The van der Waals surface area contributed by atoms with Crippen LogP contribution in [-0.4, -0.2) is 36.5 Å². The zero-order valence-corrected chi connectivity index (χ0v) is 22.5. The molecule has 0 unspecified atom stereocenters. The van der Waals surface area contributed by atoms with E-state index in [0.29, 0.717) is 10.7 Å². The number of hydrogen-bond donors (Lipinski definition) is 1. The molecule has 0 bridgehead atoms. The van der Waals surface area contributed by atoms with Gasteiger partial charge >= 0.3 is 26.7 Å². The molecule has 0 saturated carbocycles. The number of ether oxygens (including phenoxy) is 1. The molecule has 0 aliphatic carbocycles. The molecule has 3 aromatic carbocycles. The summed E-state index contributed by atoms with van der Waals surface area (Å²) in [4.78, 5) is 17.0. The Morgan fingerprint density at radius 2 is 1.72 bits per heavy atom. The Bertz CT molecular complexity index is 1470. The molecular weight excluding hydrogens is 632 g/mol. The highest BCUT2D eigenvalue weighted by Gasteiger charge is 2.36. The van der Waals surface area contributed by atoms with E-state index in [9.17, 15) is 18.0 Å². The number of alkyl halides is 3. The third kappa shape index (κ3) is 7.62. The van der Waals surface area contributed by atoms with Gasteiger partial charge in [0.15, 0.2) is 22.4 Å². The average Bonchev–Trinajstić information content (AvgIpc) is 3.20. The van der Waals surface area contributed by atoms with Crippen molar-refractivity contribution in [1.82, 2.24) is 4.98 Å². The van der Waals surface area contributed by atoms with Gasteiger partial charge in [0, 0.05) is 5.56 Å². The largest absolute Gasteiger partial charge is 0.741 e. The number of anilines is 1. The summed E-state index contributed by atoms with van der Waals surface area (Å²) >= 11 is 1.20. The second-order valence-corrected chi connectivity index (χ2v) is 12.5. The molecule has 190 valence electrons. The smallest absolute Gasteiger partial charge is 0.485 e. The van der Waals surface area contributed by atoms with E-state index in [0.717, 1.165) is 16.0 Å². The Balaban J connectivity index is 0.000000392. The Labute approximate surface area is 219 Å². The third-order valence-electron chi connectivity index (χ3n) is 4.40. The van der Waals surface area contributed by atoms with Crippen LogP contribution in [0.15, 0.2) is 66.7 Å². The number of hydrogen-bond acceptors (Lipinski definition) is 7. The van der Waals surface area contributed by atoms with Crippen molar-refractivity contribution < 1.29 is 56.9 Å². The Hall–Kier alpha value is -2.75. The maximum Gasteiger partial charge on any atom is 0.485 e. The summed E-state index contributed by atoms with van der Waals surface area (Å²) in [5.41, 5.74) is -2.89. The van der Waals surface area contributed by atoms with E-state index in [4.69, 9.17) is 17.7 Å². The van der Waals surface area contributed by atoms with E-state index >= 15 is 0 Å². The highest BCUT2D eigenvalue weighted by atomic mass is 127. The molecule has 0 fully saturated rings. The summed E-state index contributed by atoms with van der Waals surface area (Å²) in [6, 6.07) is 22.2. The number of amides is 1. The van der Waals surface area contributed by atoms with Crippen molar-refractivity contribution in [2.24, 2.45) is 0 Å². The molecule has 4 rings (SSSR count). The molecule has 1 aromatic heterocycles. The molecule has 4 aromatic rings. The Morgan fingerprint density at radius 1 is 1.06 bits per heavy atom. The zero-order valence-electron chi connectivity index (χ0n) is 18.7. The maximum atomic E-state index is 12.6. The first-order valence-electron chi connectivity index (χ1n) is 9.95. The Morgan fingerprint density at radius 3 is 2.31 bits per heavy atom. The van der Waals surface area contributed by atoms with E-state index in [1.165, 1.54) is 24.0 Å². The predicted molar refractivity (Wildman–Crippen MR) is 125 cm³/mol. The summed E-state index contributed by atoms with van der Waals surface area (Å²) in [6.07, 6.45) is 0. The van der Waals surface area contributed by atoms with Crippen LogP contribution in [0, 0.1) is 14.1 Å². The van der Waals surface area contributed by atoms with Crippen LogP contribution in [0.5, 0.6) is 5.75 Å². The van der Waals surface area contributed by atoms with Crippen molar-refractivity contribution in [3.63, 3.8) is 0 Å². The fourth-order valence-corrected chi connectivity index (χ4v) is 6.07. The lowest BCUT2D eigenvalue weighted by Gasteiger charge is -2.08. The topological polar surface area (TPSA) is 108 Å². The minimum absolute atomic E-state index is 0.147. The number of thiazole rings is 1. The first kappa shape index (κ1) is 27.8. The van der Waals surface area contributed by atoms with Gasteiger partial charge in [0.05, 0.1) is 17.3 Å². The molecule has 0 aliphatic heterocycles. The van der Waals surface area contributed by atoms with Gasteiger partial charge in [-0.1, -0.05) is 23.5 Å². The molecule has 0 saturated heterocycles. The second-order valence-electron chi connectivity index (χ2n) is 7.11. The number of methoxy groups -OCH3 is 1. The van der Waals surface area contributed by atoms with Gasteiger partial charge in [-0.2, -0.15) is 13.2 Å². The van der Waals surface area contributed by atoms with Crippen LogP contribution in [0.1, 0.15) is 15.9 Å². The Kier molecular flexibility index (Phi) is 8.92. The van der Waals surface area contributed by atoms with Gasteiger partial charge in [-0.3, -0.25) is 10.1 Å². The number of nitrogens with one attached hydrogen (secondary N) is 1. The molecule has 0 spiro atoms. The van der Waals surface area contributed by atoms with Gasteiger partial charge in [0.25, 0.3) is 5.91 Å². The van der Waals surface area contributed by atoms with Gasteiger partial charge < -0.3 is 9.29 Å². The quantitative estimate of drug-likeness (QED) is 0.201. The van der Waals surface area contributed by atoms with Crippen molar-refractivity contribution in [3.8, 4) is 5.75 Å². The van der Waals surface area contributed by atoms with E-state index in [-0.39, 0.29) is 27.1 Å². The molecule has 0 atom stereocenters. The van der Waals surface area contributed by atoms with Crippen molar-refractivity contribution >= 4 is 42.7 Å². The molecule has 1 amide bonds. The van der Waals surface area contributed by atoms with Gasteiger partial charge in [-0.25, -0.2) is 13.4 Å². The predicted octanol–water partition coefficient (Wildman–Crippen LogP) is 2.05. The summed E-state index contributed by atoms with van der Waals surface area (Å²) in [6.45, 7) is 2.11. The van der Waals surface area contributed by atoms with Crippen molar-refractivity contribution in [2.75, 3.05) is 12.4 Å². The maximum absolute atomic E-state index is 12.6. The van der Waals surface area contributed by atoms with Gasteiger partial charge in [-0.05, 0) is 67.1 Å². The molecule has 1 N–H and O–H groups in total. The second kappa shape index (κ2) is 11.5. The SMILES string of the molecule is COc1ccc2nc(NC(=O)c3ccc([I+]c4cccc(C)c4)cc3)sc2c1.O=S(=O)([O-])C(F)(F)F. The van der Waals surface area contributed by atoms with E-state index in [2.05, 4.69) is 41.5 Å². The molecular formula is C23H18F3IN2O5S2. The number of nitrogens with zero attached hydrogens (tertiary/aromatic N) is 1. The summed E-state index contributed by atoms with van der Waals surface area (Å²) in [7, 11) is -4.46. The van der Waals surface area contributed by atoms with Crippen molar-refractivity contribution in [2.45, 2.75) is 12.4 Å². The average molecular weight is 650 g/mol. The number of aryl methyl sites for hydroxylation is 1. The normalized spacial score (nSPS) is 11.5. The van der Waals surface area contributed by atoms with Crippen LogP contribution in [-0.2, 0) is 10.1 Å². The van der Waals surface area contributed by atoms with Crippen LogP contribution < -0.4 is 31.3 Å². The fraction of sp³-hybridized carbons (Fsp3) is 0.130. The minimum atomic E-state index is -6.09. The van der Waals surface area contributed by atoms with Crippen LogP contribution in [0.25, 0.3) is 10.2 Å². The number of benzene rings is 3. The molecule has 1 heterocycles. The minimum Gasteiger partial charge on any atom is -0.741 e. The van der Waals surface area contributed by atoms with Crippen LogP contribution in [0.3, 0.4) is 0 Å². The number of carbonyl (C=O) groups excluding carboxylic acids is 1. The number of fused-ring (bicyclic) bond motifs is 1. The fourth-order valence-electron chi connectivity index (χ4n) is 2.71. The van der Waals surface area contributed by atoms with Crippen molar-refractivity contribution in [3.05, 3.63) is 85.0 Å². The number of carbonyl (C=O) groups is 1. The highest BCUT2D eigenvalue weighted by Crippen LogP contribution is 2.29. The first-order valence-corrected chi connectivity index (χ1v) is 14.3. The molecule has 7 nitrogen and oxygen atoms in total. The number of aromatic nitrogens is 1. The summed E-state index contributed by atoms with van der Waals surface area (Å²) < 4.78 is 67.8. The van der Waals surface area contributed by atoms with Gasteiger partial charge in [0.1, 0.15) is 5.75 Å². The van der Waals surface area contributed by atoms with Crippen LogP contribution in [0.2, 0.25) is 0 Å². The van der Waals surface area contributed by atoms with Crippen molar-refractivity contribution in [1.29, 1.82) is 0 Å². The van der Waals surface area contributed by atoms with E-state index < -0.39 is 15.6 Å². The lowest BCUT2D eigenvalue weighted by Crippen LogP contribution is -3.61. The standard InChI is InChI=1S/C22H17IN2O2S.CHF3O3S/c1-14-4-3-5-17(12-14)23-16-8-6-15(7-9-16)21(26)25-22-24-19-11-10-18(27-2)13-20(19)28-22;2-1(3,4)8(5,6)7/h3-13H,1-2H3;(H,5,6,7). The summed E-state index contributed by atoms with van der Waals surface area (Å²) in [5, 5.41) is 3.49. The highest BCUT2D eigenvalue weighted by molar-refractivity contribution is 7.86. The zero-order chi connectivity index (χ0) is 26.5. The molecule has 13 heteroatoms. The lowest BCUT2D eigenvalue weighted by atomic mass is 10.2. The lowest BCUT2D eigenvalue weighted by molar-refractivity contribution is -0.597. The van der Waals surface area contributed by atoms with E-state index in [1.54, 1.807) is 7.11 Å². The van der Waals surface area contributed by atoms with Gasteiger partial charge in [-0.15, -0.1) is 0 Å². The number of halogens is 4. The monoisotopic (exact) mass is 650 g/mol. The third-order valence-corrected chi connectivity index (χ3v) is 8.54. The van der Waals surface area contributed by atoms with Crippen LogP contribution in [0.4, 0.5) is 18.3 Å². The van der Waals surface area contributed by atoms with Crippen LogP contribution >= 0.6 is 11.3 Å². The summed E-state index contributed by atoms with van der Waals surface area (Å²) in [5.74, 6) is 0.632. The molecule has 36 heavy (non-hydrogen) atoms. The molecule has 0 radical (unpaired) electrons. The first-order chi connectivity index (χ1) is 16.9. The molecule has 0 aliphatic rings. The number of rotatable bonds is 5. The van der Waals surface area contributed by atoms with Gasteiger partial charge in [0.2, 0.25) is 0 Å².